The average Bonchev–Trinajstić information content (AvgIpc) is 2.73. The Morgan fingerprint density at radius 3 is 2.80 bits per heavy atom. The molecule has 0 spiro atoms. The predicted octanol–water partition coefficient (Wildman–Crippen LogP) is 1.62. The molecule has 0 aromatic heterocycles. The number of nitrogens with zero attached hydrogens (tertiary/aromatic N) is 1. The standard InChI is InChI=1S/C16H18N2O2/c1-9-10-5-2-3-6-11(10)16(19)18(9)14-13(17)12-7-4-8-20-15(12)14/h2-3,5-6,12-15H,1,4,7-8,17H2. The molecule has 2 N–H and O–H groups in total. The lowest BCUT2D eigenvalue weighted by Crippen LogP contribution is -2.71. The molecule has 4 nitrogen and oxygen atoms in total. The summed E-state index contributed by atoms with van der Waals surface area (Å²) in [7, 11) is 0. The van der Waals surface area contributed by atoms with E-state index in [9.17, 15) is 4.79 Å². The molecular weight excluding hydrogens is 252 g/mol. The van der Waals surface area contributed by atoms with Crippen molar-refractivity contribution < 1.29 is 9.53 Å². The average molecular weight is 270 g/mol. The molecule has 4 heteroatoms. The number of nitrogens with two attached hydrogens (primary N) is 1. The maximum absolute atomic E-state index is 12.6. The van der Waals surface area contributed by atoms with Gasteiger partial charge in [0, 0.05) is 35.4 Å². The molecular formula is C16H18N2O2. The van der Waals surface area contributed by atoms with Gasteiger partial charge in [0.25, 0.3) is 5.91 Å². The number of hydrogen-bond acceptors (Lipinski definition) is 3. The zero-order valence-corrected chi connectivity index (χ0v) is 11.3. The molecule has 1 aliphatic carbocycles. The summed E-state index contributed by atoms with van der Waals surface area (Å²) in [5, 5.41) is 0. The second-order valence-electron chi connectivity index (χ2n) is 5.88. The molecule has 0 radical (unpaired) electrons. The minimum atomic E-state index is -0.0623. The van der Waals surface area contributed by atoms with Crippen molar-refractivity contribution in [3.63, 3.8) is 0 Å². The van der Waals surface area contributed by atoms with Gasteiger partial charge in [-0.15, -0.1) is 0 Å². The second-order valence-corrected chi connectivity index (χ2v) is 5.88. The molecule has 3 aliphatic rings. The van der Waals surface area contributed by atoms with Gasteiger partial charge in [0.2, 0.25) is 0 Å². The van der Waals surface area contributed by atoms with Gasteiger partial charge in [-0.3, -0.25) is 4.79 Å². The molecule has 2 heterocycles. The van der Waals surface area contributed by atoms with Gasteiger partial charge in [-0.2, -0.15) is 0 Å². The smallest absolute Gasteiger partial charge is 0.259 e. The summed E-state index contributed by atoms with van der Waals surface area (Å²) in [6.45, 7) is 4.87. The Hall–Kier alpha value is -1.65. The van der Waals surface area contributed by atoms with Crippen LogP contribution < -0.4 is 5.73 Å². The molecule has 1 aromatic carbocycles. The van der Waals surface area contributed by atoms with Crippen LogP contribution in [0.25, 0.3) is 5.70 Å². The lowest BCUT2D eigenvalue weighted by molar-refractivity contribution is -0.136. The van der Waals surface area contributed by atoms with E-state index < -0.39 is 0 Å². The van der Waals surface area contributed by atoms with Crippen molar-refractivity contribution in [1.82, 2.24) is 4.90 Å². The monoisotopic (exact) mass is 270 g/mol. The minimum Gasteiger partial charge on any atom is -0.376 e. The molecule has 104 valence electrons. The normalized spacial score (nSPS) is 35.5. The highest BCUT2D eigenvalue weighted by atomic mass is 16.5. The van der Waals surface area contributed by atoms with Crippen molar-refractivity contribution in [3.05, 3.63) is 42.0 Å². The molecule has 2 fully saturated rings. The summed E-state index contributed by atoms with van der Waals surface area (Å²) >= 11 is 0. The molecule has 0 bridgehead atoms. The molecule has 1 amide bonds. The Morgan fingerprint density at radius 1 is 1.30 bits per heavy atom. The van der Waals surface area contributed by atoms with Crippen LogP contribution in [0.5, 0.6) is 0 Å². The Balaban J connectivity index is 1.68. The van der Waals surface area contributed by atoms with Crippen molar-refractivity contribution in [2.45, 2.75) is 31.0 Å². The number of hydrogen-bond donors (Lipinski definition) is 1. The summed E-state index contributed by atoms with van der Waals surface area (Å²) in [5.74, 6) is 0.400. The molecule has 4 unspecified atom stereocenters. The van der Waals surface area contributed by atoms with E-state index in [1.54, 1.807) is 4.90 Å². The number of ether oxygens (including phenoxy) is 1. The largest absolute Gasteiger partial charge is 0.376 e. The third-order valence-corrected chi connectivity index (χ3v) is 4.92. The molecule has 1 aromatic rings. The first kappa shape index (κ1) is 12.1. The van der Waals surface area contributed by atoms with E-state index >= 15 is 0 Å². The Morgan fingerprint density at radius 2 is 2.05 bits per heavy atom. The van der Waals surface area contributed by atoms with Gasteiger partial charge >= 0.3 is 0 Å². The maximum Gasteiger partial charge on any atom is 0.259 e. The van der Waals surface area contributed by atoms with E-state index in [1.165, 1.54) is 0 Å². The van der Waals surface area contributed by atoms with Crippen molar-refractivity contribution in [2.24, 2.45) is 11.7 Å². The van der Waals surface area contributed by atoms with E-state index in [0.717, 1.165) is 36.3 Å². The fourth-order valence-electron chi connectivity index (χ4n) is 3.85. The van der Waals surface area contributed by atoms with Crippen LogP contribution >= 0.6 is 0 Å². The molecule has 1 saturated heterocycles. The maximum atomic E-state index is 12.6. The number of amides is 1. The van der Waals surface area contributed by atoms with Crippen LogP contribution in [0.1, 0.15) is 28.8 Å². The third-order valence-electron chi connectivity index (χ3n) is 4.92. The number of benzene rings is 1. The lowest BCUT2D eigenvalue weighted by atomic mass is 9.68. The lowest BCUT2D eigenvalue weighted by Gasteiger charge is -2.55. The van der Waals surface area contributed by atoms with E-state index in [1.807, 2.05) is 24.3 Å². The van der Waals surface area contributed by atoms with Gasteiger partial charge in [-0.25, -0.2) is 0 Å². The van der Waals surface area contributed by atoms with Crippen LogP contribution in [-0.4, -0.2) is 35.6 Å². The van der Waals surface area contributed by atoms with Crippen LogP contribution in [0.15, 0.2) is 30.8 Å². The summed E-state index contributed by atoms with van der Waals surface area (Å²) in [4.78, 5) is 14.4. The van der Waals surface area contributed by atoms with Gasteiger partial charge in [0.05, 0.1) is 12.1 Å². The zero-order valence-electron chi connectivity index (χ0n) is 11.3. The molecule has 4 rings (SSSR count). The van der Waals surface area contributed by atoms with Gasteiger partial charge in [-0.05, 0) is 18.9 Å². The first-order chi connectivity index (χ1) is 9.70. The minimum absolute atomic E-state index is 0.00434. The highest BCUT2D eigenvalue weighted by Gasteiger charge is 2.56. The van der Waals surface area contributed by atoms with Crippen molar-refractivity contribution in [2.75, 3.05) is 6.61 Å². The molecule has 2 aliphatic heterocycles. The summed E-state index contributed by atoms with van der Waals surface area (Å²) in [5.41, 5.74) is 8.71. The van der Waals surface area contributed by atoms with E-state index in [0.29, 0.717) is 5.92 Å². The van der Waals surface area contributed by atoms with Gasteiger partial charge < -0.3 is 15.4 Å². The number of carbonyl (C=O) groups is 1. The fraction of sp³-hybridized carbons (Fsp3) is 0.438. The Bertz CT molecular complexity index is 563. The first-order valence-electron chi connectivity index (χ1n) is 7.19. The van der Waals surface area contributed by atoms with Crippen LogP contribution in [0.2, 0.25) is 0 Å². The van der Waals surface area contributed by atoms with Crippen LogP contribution in [-0.2, 0) is 4.74 Å². The van der Waals surface area contributed by atoms with Crippen molar-refractivity contribution in [3.8, 4) is 0 Å². The highest BCUT2D eigenvalue weighted by molar-refractivity contribution is 6.09. The number of rotatable bonds is 1. The SMILES string of the molecule is C=C1c2ccccc2C(=O)N1C1C(N)C2CCCOC21. The Labute approximate surface area is 118 Å². The summed E-state index contributed by atoms with van der Waals surface area (Å²) < 4.78 is 5.85. The molecule has 1 saturated carbocycles. The van der Waals surface area contributed by atoms with E-state index in [4.69, 9.17) is 10.5 Å². The highest BCUT2D eigenvalue weighted by Crippen LogP contribution is 2.45. The third kappa shape index (κ3) is 1.41. The van der Waals surface area contributed by atoms with Crippen LogP contribution in [0.4, 0.5) is 0 Å². The number of carbonyl (C=O) groups excluding carboxylic acids is 1. The molecule has 20 heavy (non-hydrogen) atoms. The molecule has 4 atom stereocenters. The van der Waals surface area contributed by atoms with Crippen LogP contribution in [0, 0.1) is 5.92 Å². The zero-order chi connectivity index (χ0) is 13.9. The van der Waals surface area contributed by atoms with Crippen molar-refractivity contribution >= 4 is 11.6 Å². The van der Waals surface area contributed by atoms with Gasteiger partial charge in [0.1, 0.15) is 0 Å². The second kappa shape index (κ2) is 4.17. The first-order valence-corrected chi connectivity index (χ1v) is 7.19. The summed E-state index contributed by atoms with van der Waals surface area (Å²) in [6, 6.07) is 7.55. The topological polar surface area (TPSA) is 55.6 Å². The van der Waals surface area contributed by atoms with E-state index in [-0.39, 0.29) is 24.1 Å². The van der Waals surface area contributed by atoms with Crippen molar-refractivity contribution in [1.29, 1.82) is 0 Å². The quantitative estimate of drug-likeness (QED) is 0.843. The van der Waals surface area contributed by atoms with E-state index in [2.05, 4.69) is 6.58 Å². The Kier molecular flexibility index (Phi) is 2.53. The number of fused-ring (bicyclic) bond motifs is 2. The van der Waals surface area contributed by atoms with Gasteiger partial charge in [0.15, 0.2) is 0 Å². The van der Waals surface area contributed by atoms with Crippen LogP contribution in [0.3, 0.4) is 0 Å². The fourth-order valence-corrected chi connectivity index (χ4v) is 3.85. The summed E-state index contributed by atoms with van der Waals surface area (Å²) in [6.07, 6.45) is 2.24. The predicted molar refractivity (Wildman–Crippen MR) is 75.9 cm³/mol. The van der Waals surface area contributed by atoms with Gasteiger partial charge in [-0.1, -0.05) is 24.8 Å².